The van der Waals surface area contributed by atoms with Gasteiger partial charge in [0.25, 0.3) is 5.91 Å². The molecule has 0 bridgehead atoms. The highest BCUT2D eigenvalue weighted by Gasteiger charge is 2.18. The Kier molecular flexibility index (Phi) is 5.84. The standard InChI is InChI=1S/C20H23N3O3/c1-26-20(25)15-7-6-8-16(13-15)22-17-9-10-18(21-14-17)19(24)23-11-4-2-3-5-12-23/h6-10,13-14,22H,2-5,11-12H2,1H3. The monoisotopic (exact) mass is 353 g/mol. The second-order valence-corrected chi connectivity index (χ2v) is 6.34. The van der Waals surface area contributed by atoms with Gasteiger partial charge in [-0.15, -0.1) is 0 Å². The fraction of sp³-hybridized carbons (Fsp3) is 0.350. The lowest BCUT2D eigenvalue weighted by Gasteiger charge is -2.19. The SMILES string of the molecule is COC(=O)c1cccc(Nc2ccc(C(=O)N3CCCCCC3)nc2)c1. The first-order chi connectivity index (χ1) is 12.7. The number of nitrogens with one attached hydrogen (secondary N) is 1. The molecule has 6 heteroatoms. The van der Waals surface area contributed by atoms with E-state index in [0.29, 0.717) is 11.3 Å². The van der Waals surface area contributed by atoms with Crippen LogP contribution in [0.2, 0.25) is 0 Å². The quantitative estimate of drug-likeness (QED) is 0.850. The Morgan fingerprint density at radius 2 is 1.81 bits per heavy atom. The van der Waals surface area contributed by atoms with E-state index in [-0.39, 0.29) is 11.9 Å². The summed E-state index contributed by atoms with van der Waals surface area (Å²) < 4.78 is 4.73. The molecular formula is C20H23N3O3. The van der Waals surface area contributed by atoms with Crippen molar-refractivity contribution in [3.05, 3.63) is 53.9 Å². The van der Waals surface area contributed by atoms with Crippen LogP contribution in [0.25, 0.3) is 0 Å². The minimum absolute atomic E-state index is 0.00820. The van der Waals surface area contributed by atoms with Crippen LogP contribution in [0.15, 0.2) is 42.6 Å². The largest absolute Gasteiger partial charge is 0.465 e. The average Bonchev–Trinajstić information content (AvgIpc) is 2.97. The summed E-state index contributed by atoms with van der Waals surface area (Å²) in [6, 6.07) is 10.6. The molecule has 3 rings (SSSR count). The molecule has 2 aromatic rings. The number of rotatable bonds is 4. The third-order valence-corrected chi connectivity index (χ3v) is 4.45. The van der Waals surface area contributed by atoms with Crippen LogP contribution in [0, 0.1) is 0 Å². The smallest absolute Gasteiger partial charge is 0.337 e. The average molecular weight is 353 g/mol. The first kappa shape index (κ1) is 17.9. The third kappa shape index (κ3) is 4.39. The summed E-state index contributed by atoms with van der Waals surface area (Å²) in [6.45, 7) is 1.61. The van der Waals surface area contributed by atoms with Gasteiger partial charge in [-0.3, -0.25) is 4.79 Å². The Morgan fingerprint density at radius 3 is 2.46 bits per heavy atom. The first-order valence-electron chi connectivity index (χ1n) is 8.88. The molecule has 0 spiro atoms. The number of anilines is 2. The van der Waals surface area contributed by atoms with Crippen molar-refractivity contribution in [2.75, 3.05) is 25.5 Å². The van der Waals surface area contributed by atoms with Crippen LogP contribution in [0.5, 0.6) is 0 Å². The predicted octanol–water partition coefficient (Wildman–Crippen LogP) is 3.63. The zero-order valence-electron chi connectivity index (χ0n) is 14.9. The van der Waals surface area contributed by atoms with Crippen molar-refractivity contribution in [3.63, 3.8) is 0 Å². The molecule has 1 N–H and O–H groups in total. The third-order valence-electron chi connectivity index (χ3n) is 4.45. The number of hydrogen-bond donors (Lipinski definition) is 1. The van der Waals surface area contributed by atoms with Crippen molar-refractivity contribution < 1.29 is 14.3 Å². The van der Waals surface area contributed by atoms with E-state index in [0.717, 1.165) is 37.3 Å². The minimum atomic E-state index is -0.384. The van der Waals surface area contributed by atoms with Crippen LogP contribution in [0.3, 0.4) is 0 Å². The summed E-state index contributed by atoms with van der Waals surface area (Å²) in [5.74, 6) is -0.392. The zero-order chi connectivity index (χ0) is 18.4. The predicted molar refractivity (Wildman–Crippen MR) is 99.7 cm³/mol. The Hall–Kier alpha value is -2.89. The van der Waals surface area contributed by atoms with Gasteiger partial charge in [0.1, 0.15) is 5.69 Å². The van der Waals surface area contributed by atoms with Crippen molar-refractivity contribution in [2.24, 2.45) is 0 Å². The summed E-state index contributed by atoms with van der Waals surface area (Å²) >= 11 is 0. The molecule has 6 nitrogen and oxygen atoms in total. The van der Waals surface area contributed by atoms with E-state index in [4.69, 9.17) is 4.74 Å². The van der Waals surface area contributed by atoms with Crippen molar-refractivity contribution in [3.8, 4) is 0 Å². The maximum absolute atomic E-state index is 12.6. The Morgan fingerprint density at radius 1 is 1.04 bits per heavy atom. The molecule has 136 valence electrons. The number of amides is 1. The highest BCUT2D eigenvalue weighted by atomic mass is 16.5. The lowest BCUT2D eigenvalue weighted by Crippen LogP contribution is -2.32. The fourth-order valence-corrected chi connectivity index (χ4v) is 3.04. The first-order valence-corrected chi connectivity index (χ1v) is 8.88. The summed E-state index contributed by atoms with van der Waals surface area (Å²) in [4.78, 5) is 30.4. The number of likely N-dealkylation sites (tertiary alicyclic amines) is 1. The minimum Gasteiger partial charge on any atom is -0.465 e. The van der Waals surface area contributed by atoms with Crippen molar-refractivity contribution in [2.45, 2.75) is 25.7 Å². The van der Waals surface area contributed by atoms with Gasteiger partial charge in [-0.05, 0) is 43.2 Å². The van der Waals surface area contributed by atoms with Gasteiger partial charge in [-0.1, -0.05) is 18.9 Å². The van der Waals surface area contributed by atoms with Gasteiger partial charge in [0, 0.05) is 18.8 Å². The Balaban J connectivity index is 1.68. The Bertz CT molecular complexity index is 766. The van der Waals surface area contributed by atoms with E-state index < -0.39 is 0 Å². The van der Waals surface area contributed by atoms with Crippen LogP contribution < -0.4 is 5.32 Å². The second kappa shape index (κ2) is 8.47. The summed E-state index contributed by atoms with van der Waals surface area (Å²) in [7, 11) is 1.35. The maximum Gasteiger partial charge on any atom is 0.337 e. The number of methoxy groups -OCH3 is 1. The number of carbonyl (C=O) groups excluding carboxylic acids is 2. The summed E-state index contributed by atoms with van der Waals surface area (Å²) in [5, 5.41) is 3.18. The van der Waals surface area contributed by atoms with Crippen LogP contribution in [0.4, 0.5) is 11.4 Å². The molecule has 0 aliphatic carbocycles. The highest BCUT2D eigenvalue weighted by Crippen LogP contribution is 2.19. The molecule has 0 unspecified atom stereocenters. The molecule has 0 radical (unpaired) electrons. The number of aromatic nitrogens is 1. The van der Waals surface area contributed by atoms with E-state index in [1.54, 1.807) is 30.5 Å². The lowest BCUT2D eigenvalue weighted by molar-refractivity contribution is 0.0600. The van der Waals surface area contributed by atoms with Gasteiger partial charge in [0.05, 0.1) is 24.6 Å². The normalized spacial score (nSPS) is 14.4. The highest BCUT2D eigenvalue weighted by molar-refractivity contribution is 5.93. The van der Waals surface area contributed by atoms with Crippen molar-refractivity contribution >= 4 is 23.3 Å². The summed E-state index contributed by atoms with van der Waals surface area (Å²) in [5.41, 5.74) is 2.43. The van der Waals surface area contributed by atoms with Crippen LogP contribution in [-0.4, -0.2) is 42.0 Å². The topological polar surface area (TPSA) is 71.5 Å². The molecule has 26 heavy (non-hydrogen) atoms. The van der Waals surface area contributed by atoms with Crippen LogP contribution in [0.1, 0.15) is 46.5 Å². The van der Waals surface area contributed by atoms with E-state index in [9.17, 15) is 9.59 Å². The number of carbonyl (C=O) groups is 2. The number of benzene rings is 1. The molecule has 1 aromatic carbocycles. The van der Waals surface area contributed by atoms with Crippen LogP contribution in [-0.2, 0) is 4.74 Å². The van der Waals surface area contributed by atoms with E-state index in [1.165, 1.54) is 20.0 Å². The second-order valence-electron chi connectivity index (χ2n) is 6.34. The molecule has 1 aromatic heterocycles. The van der Waals surface area contributed by atoms with Gasteiger partial charge in [-0.2, -0.15) is 0 Å². The van der Waals surface area contributed by atoms with Crippen LogP contribution >= 0.6 is 0 Å². The van der Waals surface area contributed by atoms with E-state index in [1.807, 2.05) is 17.0 Å². The Labute approximate surface area is 153 Å². The molecule has 1 amide bonds. The number of pyridine rings is 1. The van der Waals surface area contributed by atoms with E-state index in [2.05, 4.69) is 10.3 Å². The molecule has 1 fully saturated rings. The van der Waals surface area contributed by atoms with Gasteiger partial charge in [0.2, 0.25) is 0 Å². The zero-order valence-corrected chi connectivity index (χ0v) is 14.9. The molecule has 1 saturated heterocycles. The molecule has 0 atom stereocenters. The van der Waals surface area contributed by atoms with Gasteiger partial charge in [0.15, 0.2) is 0 Å². The van der Waals surface area contributed by atoms with Crippen molar-refractivity contribution in [1.82, 2.24) is 9.88 Å². The lowest BCUT2D eigenvalue weighted by atomic mass is 10.2. The number of ether oxygens (including phenoxy) is 1. The van der Waals surface area contributed by atoms with Gasteiger partial charge in [-0.25, -0.2) is 9.78 Å². The van der Waals surface area contributed by atoms with Crippen molar-refractivity contribution in [1.29, 1.82) is 0 Å². The molecule has 1 aliphatic heterocycles. The fourth-order valence-electron chi connectivity index (χ4n) is 3.04. The maximum atomic E-state index is 12.6. The molecule has 1 aliphatic rings. The molecule has 0 saturated carbocycles. The van der Waals surface area contributed by atoms with E-state index >= 15 is 0 Å². The molecular weight excluding hydrogens is 330 g/mol. The number of hydrogen-bond acceptors (Lipinski definition) is 5. The van der Waals surface area contributed by atoms with Gasteiger partial charge >= 0.3 is 5.97 Å². The molecule has 2 heterocycles. The summed E-state index contributed by atoms with van der Waals surface area (Å²) in [6.07, 6.45) is 6.12. The van der Waals surface area contributed by atoms with Gasteiger partial charge < -0.3 is 15.0 Å². The number of esters is 1. The number of nitrogens with zero attached hydrogens (tertiary/aromatic N) is 2.